The number of hydrogen-bond acceptors (Lipinski definition) is 4. The van der Waals surface area contributed by atoms with E-state index in [1.54, 1.807) is 0 Å². The highest BCUT2D eigenvalue weighted by molar-refractivity contribution is 9.10. The van der Waals surface area contributed by atoms with E-state index in [0.29, 0.717) is 0 Å². The number of aromatic amines is 1. The molecule has 0 bridgehead atoms. The molecule has 1 heterocycles. The number of carbonyl (C=O) groups excluding carboxylic acids is 1. The van der Waals surface area contributed by atoms with Crippen LogP contribution >= 0.6 is 15.9 Å². The van der Waals surface area contributed by atoms with Crippen molar-refractivity contribution < 1.29 is 13.6 Å². The summed E-state index contributed by atoms with van der Waals surface area (Å²) in [5.41, 5.74) is -0.0753. The second kappa shape index (κ2) is 4.53. The van der Waals surface area contributed by atoms with Gasteiger partial charge in [-0.25, -0.2) is 8.78 Å². The number of benzene rings is 1. The van der Waals surface area contributed by atoms with Gasteiger partial charge in [0, 0.05) is 4.47 Å². The Balaban J connectivity index is 2.28. The maximum atomic E-state index is 13.0. The van der Waals surface area contributed by atoms with Crippen LogP contribution in [-0.4, -0.2) is 26.5 Å². The maximum Gasteiger partial charge on any atom is 0.270 e. The summed E-state index contributed by atoms with van der Waals surface area (Å²) < 4.78 is 25.9. The number of anilines is 1. The third kappa shape index (κ3) is 2.44. The zero-order chi connectivity index (χ0) is 12.4. The summed E-state index contributed by atoms with van der Waals surface area (Å²) in [6.07, 6.45) is 0. The van der Waals surface area contributed by atoms with Crippen molar-refractivity contribution in [2.75, 3.05) is 5.32 Å². The lowest BCUT2D eigenvalue weighted by atomic mass is 10.2. The number of amides is 1. The van der Waals surface area contributed by atoms with Crippen LogP contribution in [0.2, 0.25) is 0 Å². The first-order valence-corrected chi connectivity index (χ1v) is 5.06. The van der Waals surface area contributed by atoms with Crippen molar-refractivity contribution in [3.8, 4) is 0 Å². The molecule has 0 atom stereocenters. The second-order valence-electron chi connectivity index (χ2n) is 2.94. The number of H-pyrrole nitrogens is 1. The quantitative estimate of drug-likeness (QED) is 0.823. The van der Waals surface area contributed by atoms with Gasteiger partial charge in [-0.3, -0.25) is 10.1 Å². The van der Waals surface area contributed by atoms with Crippen molar-refractivity contribution >= 4 is 27.8 Å². The number of carbonyl (C=O) groups is 1. The van der Waals surface area contributed by atoms with Gasteiger partial charge in [0.25, 0.3) is 11.9 Å². The minimum Gasteiger partial charge on any atom is -0.288 e. The number of halogens is 3. The predicted molar refractivity (Wildman–Crippen MR) is 56.2 cm³/mol. The summed E-state index contributed by atoms with van der Waals surface area (Å²) in [5.74, 6) is -2.91. The third-order valence-electron chi connectivity index (χ3n) is 1.83. The van der Waals surface area contributed by atoms with Crippen molar-refractivity contribution in [2.45, 2.75) is 0 Å². The first kappa shape index (κ1) is 11.6. The fourth-order valence-electron chi connectivity index (χ4n) is 1.08. The summed E-state index contributed by atoms with van der Waals surface area (Å²) >= 11 is 2.95. The van der Waals surface area contributed by atoms with Crippen molar-refractivity contribution in [1.29, 1.82) is 0 Å². The summed E-state index contributed by atoms with van der Waals surface area (Å²) in [6.45, 7) is 0. The normalized spacial score (nSPS) is 10.3. The number of tetrazole rings is 1. The summed E-state index contributed by atoms with van der Waals surface area (Å²) in [7, 11) is 0. The molecule has 0 fully saturated rings. The average molecular weight is 304 g/mol. The summed E-state index contributed by atoms with van der Waals surface area (Å²) in [4.78, 5) is 11.6. The fourth-order valence-corrected chi connectivity index (χ4v) is 1.58. The monoisotopic (exact) mass is 303 g/mol. The largest absolute Gasteiger partial charge is 0.288 e. The topological polar surface area (TPSA) is 83.6 Å². The van der Waals surface area contributed by atoms with E-state index in [9.17, 15) is 13.6 Å². The number of nitrogens with one attached hydrogen (secondary N) is 2. The summed E-state index contributed by atoms with van der Waals surface area (Å²) in [6, 6.07) is 1.63. The smallest absolute Gasteiger partial charge is 0.270 e. The van der Waals surface area contributed by atoms with Gasteiger partial charge in [-0.05, 0) is 33.3 Å². The lowest BCUT2D eigenvalue weighted by Crippen LogP contribution is -2.14. The van der Waals surface area contributed by atoms with Gasteiger partial charge in [0.15, 0.2) is 11.6 Å². The van der Waals surface area contributed by atoms with Gasteiger partial charge in [-0.2, -0.15) is 5.21 Å². The van der Waals surface area contributed by atoms with E-state index in [-0.39, 0.29) is 16.0 Å². The minimum atomic E-state index is -1.12. The molecule has 88 valence electrons. The Bertz CT molecular complexity index is 559. The van der Waals surface area contributed by atoms with Crippen LogP contribution < -0.4 is 5.32 Å². The number of aromatic nitrogens is 4. The first-order chi connectivity index (χ1) is 8.08. The van der Waals surface area contributed by atoms with Gasteiger partial charge in [-0.15, -0.1) is 5.10 Å². The van der Waals surface area contributed by atoms with E-state index in [1.807, 2.05) is 0 Å². The van der Waals surface area contributed by atoms with Gasteiger partial charge < -0.3 is 0 Å². The molecule has 6 nitrogen and oxygen atoms in total. The Morgan fingerprint density at radius 2 is 2.06 bits per heavy atom. The molecule has 0 aliphatic rings. The van der Waals surface area contributed by atoms with Crippen LogP contribution in [0.4, 0.5) is 14.7 Å². The third-order valence-corrected chi connectivity index (χ3v) is 2.48. The van der Waals surface area contributed by atoms with Crippen molar-refractivity contribution in [3.05, 3.63) is 33.8 Å². The zero-order valence-corrected chi connectivity index (χ0v) is 9.62. The van der Waals surface area contributed by atoms with Crippen molar-refractivity contribution in [2.24, 2.45) is 0 Å². The number of rotatable bonds is 2. The molecular formula is C8H4BrF2N5O. The minimum absolute atomic E-state index is 0.0633. The highest BCUT2D eigenvalue weighted by Crippen LogP contribution is 2.21. The standard InChI is InChI=1S/C8H4BrF2N5O/c9-4-2-6(11)5(10)1-3(4)7(17)12-8-13-15-16-14-8/h1-2H,(H2,12,13,14,15,16,17). The average Bonchev–Trinajstić information content (AvgIpc) is 2.76. The molecule has 9 heteroatoms. The molecule has 1 amide bonds. The Labute approximate surface area is 102 Å². The van der Waals surface area contributed by atoms with Gasteiger partial charge >= 0.3 is 0 Å². The molecule has 0 aliphatic heterocycles. The van der Waals surface area contributed by atoms with Gasteiger partial charge in [0.1, 0.15) is 0 Å². The van der Waals surface area contributed by atoms with Crippen LogP contribution in [-0.2, 0) is 0 Å². The van der Waals surface area contributed by atoms with Crippen molar-refractivity contribution in [3.63, 3.8) is 0 Å². The van der Waals surface area contributed by atoms with E-state index in [1.165, 1.54) is 0 Å². The number of nitrogens with zero attached hydrogens (tertiary/aromatic N) is 3. The SMILES string of the molecule is O=C(Nc1nn[nH]n1)c1cc(F)c(F)cc1Br. The molecule has 0 aliphatic carbocycles. The maximum absolute atomic E-state index is 13.0. The molecule has 0 saturated heterocycles. The molecule has 0 saturated carbocycles. The van der Waals surface area contributed by atoms with E-state index in [4.69, 9.17) is 0 Å². The lowest BCUT2D eigenvalue weighted by Gasteiger charge is -2.04. The second-order valence-corrected chi connectivity index (χ2v) is 3.79. The highest BCUT2D eigenvalue weighted by atomic mass is 79.9. The Kier molecular flexibility index (Phi) is 3.09. The fraction of sp³-hybridized carbons (Fsp3) is 0. The van der Waals surface area contributed by atoms with Crippen LogP contribution in [0.25, 0.3) is 0 Å². The van der Waals surface area contributed by atoms with E-state index in [2.05, 4.69) is 41.9 Å². The van der Waals surface area contributed by atoms with Crippen LogP contribution in [0.5, 0.6) is 0 Å². The van der Waals surface area contributed by atoms with Crippen molar-refractivity contribution in [1.82, 2.24) is 20.6 Å². The molecule has 2 rings (SSSR count). The van der Waals surface area contributed by atoms with E-state index >= 15 is 0 Å². The van der Waals surface area contributed by atoms with Gasteiger partial charge in [0.05, 0.1) is 5.56 Å². The van der Waals surface area contributed by atoms with E-state index < -0.39 is 17.5 Å². The van der Waals surface area contributed by atoms with E-state index in [0.717, 1.165) is 12.1 Å². The van der Waals surface area contributed by atoms with Crippen LogP contribution in [0.3, 0.4) is 0 Å². The molecule has 2 N–H and O–H groups in total. The Hall–Kier alpha value is -1.90. The lowest BCUT2D eigenvalue weighted by molar-refractivity contribution is 0.102. The Morgan fingerprint density at radius 3 is 2.71 bits per heavy atom. The Morgan fingerprint density at radius 1 is 1.35 bits per heavy atom. The molecule has 1 aromatic carbocycles. The zero-order valence-electron chi connectivity index (χ0n) is 8.04. The molecule has 0 radical (unpaired) electrons. The molecule has 1 aromatic heterocycles. The van der Waals surface area contributed by atoms with Gasteiger partial charge in [-0.1, -0.05) is 5.10 Å². The number of hydrogen-bond donors (Lipinski definition) is 2. The van der Waals surface area contributed by atoms with Crippen LogP contribution in [0.1, 0.15) is 10.4 Å². The predicted octanol–water partition coefficient (Wildman–Crippen LogP) is 1.49. The summed E-state index contributed by atoms with van der Waals surface area (Å²) in [5, 5.41) is 14.6. The van der Waals surface area contributed by atoms with Crippen LogP contribution in [0, 0.1) is 11.6 Å². The van der Waals surface area contributed by atoms with Crippen LogP contribution in [0.15, 0.2) is 16.6 Å². The molecule has 2 aromatic rings. The highest BCUT2D eigenvalue weighted by Gasteiger charge is 2.15. The molecule has 17 heavy (non-hydrogen) atoms. The molecule has 0 unspecified atom stereocenters. The molecule has 0 spiro atoms. The van der Waals surface area contributed by atoms with Gasteiger partial charge in [0.2, 0.25) is 0 Å². The first-order valence-electron chi connectivity index (χ1n) is 4.27. The molecular weight excluding hydrogens is 300 g/mol.